The van der Waals surface area contributed by atoms with Crippen LogP contribution >= 0.6 is 0 Å². The molecule has 2 amide bonds. The number of carbonyl (C=O) groups excluding carboxylic acids is 1. The summed E-state index contributed by atoms with van der Waals surface area (Å²) >= 11 is 0. The Morgan fingerprint density at radius 2 is 1.82 bits per heavy atom. The van der Waals surface area contributed by atoms with Gasteiger partial charge in [0, 0.05) is 29.6 Å². The number of H-pyrrole nitrogens is 1. The number of hydrogen-bond donors (Lipinski definition) is 3. The standard InChI is InChI=1S/C26H24N4O3/c27-26(18-10-11-22-23(14-18)33-16-32-22)24-20(19-8-4-5-9-21(19)29-24)12-13-30(26)25(31)28-15-17-6-2-1-3-7-17/h1-11,14,29H,12-13,15-16,27H2,(H,28,31)/t26-/m1/s1. The van der Waals surface area contributed by atoms with Gasteiger partial charge in [-0.05, 0) is 35.7 Å². The highest BCUT2D eigenvalue weighted by molar-refractivity contribution is 5.87. The zero-order chi connectivity index (χ0) is 22.4. The molecule has 166 valence electrons. The monoisotopic (exact) mass is 440 g/mol. The highest BCUT2D eigenvalue weighted by atomic mass is 16.7. The normalized spacial score (nSPS) is 18.9. The van der Waals surface area contributed by atoms with Crippen molar-refractivity contribution in [2.24, 2.45) is 5.73 Å². The molecule has 0 bridgehead atoms. The summed E-state index contributed by atoms with van der Waals surface area (Å²) in [6.45, 7) is 1.09. The van der Waals surface area contributed by atoms with Gasteiger partial charge in [-0.2, -0.15) is 0 Å². The number of nitrogens with one attached hydrogen (secondary N) is 2. The number of carbonyl (C=O) groups is 1. The second-order valence-corrected chi connectivity index (χ2v) is 8.40. The van der Waals surface area contributed by atoms with E-state index in [9.17, 15) is 4.79 Å². The van der Waals surface area contributed by atoms with E-state index in [0.717, 1.165) is 33.3 Å². The Kier molecular flexibility index (Phi) is 4.52. The van der Waals surface area contributed by atoms with Crippen LogP contribution in [0.15, 0.2) is 72.8 Å². The summed E-state index contributed by atoms with van der Waals surface area (Å²) in [5.41, 5.74) is 10.8. The van der Waals surface area contributed by atoms with Gasteiger partial charge >= 0.3 is 6.03 Å². The van der Waals surface area contributed by atoms with Crippen LogP contribution in [0.5, 0.6) is 11.5 Å². The summed E-state index contributed by atoms with van der Waals surface area (Å²) < 4.78 is 11.1. The first-order chi connectivity index (χ1) is 16.1. The van der Waals surface area contributed by atoms with Crippen molar-refractivity contribution in [3.63, 3.8) is 0 Å². The van der Waals surface area contributed by atoms with Crippen LogP contribution in [-0.4, -0.2) is 29.3 Å². The molecule has 4 aromatic rings. The molecule has 6 rings (SSSR count). The molecule has 2 aliphatic heterocycles. The molecule has 0 aliphatic carbocycles. The maximum absolute atomic E-state index is 13.5. The zero-order valence-corrected chi connectivity index (χ0v) is 18.0. The van der Waals surface area contributed by atoms with Crippen LogP contribution in [0.4, 0.5) is 4.79 Å². The van der Waals surface area contributed by atoms with E-state index in [1.54, 1.807) is 4.90 Å². The van der Waals surface area contributed by atoms with Crippen molar-refractivity contribution in [1.82, 2.24) is 15.2 Å². The summed E-state index contributed by atoms with van der Waals surface area (Å²) in [6.07, 6.45) is 0.710. The molecular weight excluding hydrogens is 416 g/mol. The molecule has 1 atom stereocenters. The highest BCUT2D eigenvalue weighted by Crippen LogP contribution is 2.43. The van der Waals surface area contributed by atoms with Crippen molar-refractivity contribution >= 4 is 16.9 Å². The fourth-order valence-electron chi connectivity index (χ4n) is 4.88. The molecule has 0 saturated heterocycles. The lowest BCUT2D eigenvalue weighted by atomic mass is 9.87. The highest BCUT2D eigenvalue weighted by Gasteiger charge is 2.46. The molecule has 7 nitrogen and oxygen atoms in total. The Balaban J connectivity index is 1.44. The molecular formula is C26H24N4O3. The first kappa shape index (κ1) is 19.7. The lowest BCUT2D eigenvalue weighted by Gasteiger charge is -2.44. The summed E-state index contributed by atoms with van der Waals surface area (Å²) in [4.78, 5) is 18.7. The van der Waals surface area contributed by atoms with E-state index in [2.05, 4.69) is 16.4 Å². The Hall–Kier alpha value is -3.97. The van der Waals surface area contributed by atoms with E-state index in [1.165, 1.54) is 0 Å². The SMILES string of the molecule is N[C@@]1(c2ccc3c(c2)OCO3)c2[nH]c3ccccc3c2CCN1C(=O)NCc1ccccc1. The fraction of sp³-hybridized carbons (Fsp3) is 0.192. The summed E-state index contributed by atoms with van der Waals surface area (Å²) in [6, 6.07) is 23.4. The first-order valence-corrected chi connectivity index (χ1v) is 11.0. The van der Waals surface area contributed by atoms with Gasteiger partial charge < -0.3 is 19.8 Å². The van der Waals surface area contributed by atoms with Crippen LogP contribution in [0, 0.1) is 0 Å². The molecule has 0 radical (unpaired) electrons. The maximum atomic E-state index is 13.5. The summed E-state index contributed by atoms with van der Waals surface area (Å²) in [7, 11) is 0. The molecule has 3 aromatic carbocycles. The molecule has 0 fully saturated rings. The lowest BCUT2D eigenvalue weighted by molar-refractivity contribution is 0.128. The van der Waals surface area contributed by atoms with Crippen LogP contribution in [-0.2, 0) is 18.6 Å². The van der Waals surface area contributed by atoms with Gasteiger partial charge in [0.15, 0.2) is 17.2 Å². The Labute approximate surface area is 191 Å². The minimum absolute atomic E-state index is 0.176. The van der Waals surface area contributed by atoms with Gasteiger partial charge in [-0.15, -0.1) is 0 Å². The average Bonchev–Trinajstić information content (AvgIpc) is 3.48. The summed E-state index contributed by atoms with van der Waals surface area (Å²) in [5, 5.41) is 4.18. The molecule has 2 aliphatic rings. The molecule has 7 heteroatoms. The molecule has 0 saturated carbocycles. The Morgan fingerprint density at radius 3 is 2.70 bits per heavy atom. The second-order valence-electron chi connectivity index (χ2n) is 8.40. The van der Waals surface area contributed by atoms with E-state index >= 15 is 0 Å². The minimum Gasteiger partial charge on any atom is -0.454 e. The number of urea groups is 1. The fourth-order valence-corrected chi connectivity index (χ4v) is 4.88. The number of para-hydroxylation sites is 1. The van der Waals surface area contributed by atoms with Gasteiger partial charge in [0.25, 0.3) is 0 Å². The van der Waals surface area contributed by atoms with Gasteiger partial charge in [-0.3, -0.25) is 10.6 Å². The molecule has 0 unspecified atom stereocenters. The van der Waals surface area contributed by atoms with Crippen molar-refractivity contribution in [2.45, 2.75) is 18.6 Å². The number of aromatic amines is 1. The van der Waals surface area contributed by atoms with Gasteiger partial charge in [0.1, 0.15) is 0 Å². The minimum atomic E-state index is -1.20. The number of nitrogens with two attached hydrogens (primary N) is 1. The quantitative estimate of drug-likeness (QED) is 0.452. The third-order valence-electron chi connectivity index (χ3n) is 6.55. The molecule has 0 spiro atoms. The van der Waals surface area contributed by atoms with Crippen molar-refractivity contribution in [2.75, 3.05) is 13.3 Å². The number of fused-ring (bicyclic) bond motifs is 4. The topological polar surface area (TPSA) is 92.6 Å². The van der Waals surface area contributed by atoms with Crippen LogP contribution in [0.25, 0.3) is 10.9 Å². The van der Waals surface area contributed by atoms with Crippen molar-refractivity contribution in [3.05, 3.63) is 95.2 Å². The number of benzene rings is 3. The van der Waals surface area contributed by atoms with Gasteiger partial charge in [0.05, 0.1) is 5.69 Å². The molecule has 4 N–H and O–H groups in total. The second kappa shape index (κ2) is 7.56. The predicted molar refractivity (Wildman–Crippen MR) is 125 cm³/mol. The number of aromatic nitrogens is 1. The van der Waals surface area contributed by atoms with Gasteiger partial charge in [0.2, 0.25) is 6.79 Å². The average molecular weight is 441 g/mol. The Morgan fingerprint density at radius 1 is 1.03 bits per heavy atom. The van der Waals surface area contributed by atoms with Gasteiger partial charge in [-0.25, -0.2) is 4.79 Å². The summed E-state index contributed by atoms with van der Waals surface area (Å²) in [5.74, 6) is 1.31. The van der Waals surface area contributed by atoms with E-state index in [1.807, 2.05) is 66.7 Å². The Bertz CT molecular complexity index is 1350. The van der Waals surface area contributed by atoms with E-state index in [0.29, 0.717) is 31.0 Å². The smallest absolute Gasteiger partial charge is 0.319 e. The lowest BCUT2D eigenvalue weighted by Crippen LogP contribution is -2.61. The van der Waals surface area contributed by atoms with Crippen LogP contribution in [0.2, 0.25) is 0 Å². The van der Waals surface area contributed by atoms with Crippen molar-refractivity contribution in [1.29, 1.82) is 0 Å². The first-order valence-electron chi connectivity index (χ1n) is 11.0. The third-order valence-corrected chi connectivity index (χ3v) is 6.55. The zero-order valence-electron chi connectivity index (χ0n) is 18.0. The molecule has 1 aromatic heterocycles. The van der Waals surface area contributed by atoms with Gasteiger partial charge in [-0.1, -0.05) is 54.6 Å². The maximum Gasteiger partial charge on any atom is 0.319 e. The van der Waals surface area contributed by atoms with Crippen LogP contribution in [0.3, 0.4) is 0 Å². The molecule has 3 heterocycles. The number of rotatable bonds is 3. The van der Waals surface area contributed by atoms with Crippen molar-refractivity contribution < 1.29 is 14.3 Å². The largest absolute Gasteiger partial charge is 0.454 e. The van der Waals surface area contributed by atoms with Crippen molar-refractivity contribution in [3.8, 4) is 11.5 Å². The predicted octanol–water partition coefficient (Wildman–Crippen LogP) is 3.82. The van der Waals surface area contributed by atoms with Crippen LogP contribution < -0.4 is 20.5 Å². The number of nitrogens with zero attached hydrogens (tertiary/aromatic N) is 1. The van der Waals surface area contributed by atoms with Crippen LogP contribution in [0.1, 0.15) is 22.4 Å². The van der Waals surface area contributed by atoms with E-state index in [-0.39, 0.29) is 12.8 Å². The molecule has 33 heavy (non-hydrogen) atoms. The van der Waals surface area contributed by atoms with E-state index < -0.39 is 5.66 Å². The number of amides is 2. The number of hydrogen-bond acceptors (Lipinski definition) is 4. The third kappa shape index (κ3) is 3.12. The van der Waals surface area contributed by atoms with E-state index in [4.69, 9.17) is 15.2 Å². The number of ether oxygens (including phenoxy) is 2.